The zero-order valence-electron chi connectivity index (χ0n) is 22.0. The lowest BCUT2D eigenvalue weighted by Gasteiger charge is -2.27. The van der Waals surface area contributed by atoms with Crippen LogP contribution in [-0.4, -0.2) is 61.4 Å². The van der Waals surface area contributed by atoms with Gasteiger partial charge in [-0.1, -0.05) is 71.7 Å². The van der Waals surface area contributed by atoms with Crippen molar-refractivity contribution >= 4 is 37.9 Å². The molecule has 2 aromatic carbocycles. The van der Waals surface area contributed by atoms with E-state index in [2.05, 4.69) is 39.6 Å². The maximum Gasteiger partial charge on any atom is 0.238 e. The molecule has 7 nitrogen and oxygen atoms in total. The average Bonchev–Trinajstić information content (AvgIpc) is 3.35. The number of rotatable bonds is 15. The molecule has 1 heterocycles. The van der Waals surface area contributed by atoms with Crippen LogP contribution in [0.1, 0.15) is 36.6 Å². The minimum atomic E-state index is -3.84. The normalized spacial score (nSPS) is 11.9. The molecule has 1 amide bonds. The monoisotopic (exact) mass is 601 g/mol. The SMILES string of the molecule is CCCCN(Cc1cccn1Cc1ccc(Br)cc1)C(=O)CN(CCOC)S(=O)(=O)C=Cc1ccccc1. The molecule has 0 spiro atoms. The summed E-state index contributed by atoms with van der Waals surface area (Å²) >= 11 is 3.47. The lowest BCUT2D eigenvalue weighted by molar-refractivity contribution is -0.132. The molecule has 0 saturated carbocycles. The molecule has 3 aromatic rings. The lowest BCUT2D eigenvalue weighted by atomic mass is 10.2. The summed E-state index contributed by atoms with van der Waals surface area (Å²) in [7, 11) is -2.33. The zero-order valence-corrected chi connectivity index (χ0v) is 24.4. The summed E-state index contributed by atoms with van der Waals surface area (Å²) in [4.78, 5) is 15.3. The van der Waals surface area contributed by atoms with Gasteiger partial charge >= 0.3 is 0 Å². The Morgan fingerprint density at radius 1 is 1.03 bits per heavy atom. The largest absolute Gasteiger partial charge is 0.383 e. The second kappa shape index (κ2) is 15.0. The van der Waals surface area contributed by atoms with Crippen molar-refractivity contribution in [2.45, 2.75) is 32.9 Å². The Morgan fingerprint density at radius 2 is 1.76 bits per heavy atom. The smallest absolute Gasteiger partial charge is 0.238 e. The molecule has 0 aliphatic rings. The molecule has 0 aliphatic carbocycles. The third-order valence-electron chi connectivity index (χ3n) is 6.13. The van der Waals surface area contributed by atoms with Gasteiger partial charge in [-0.05, 0) is 47.9 Å². The van der Waals surface area contributed by atoms with Crippen LogP contribution >= 0.6 is 15.9 Å². The highest BCUT2D eigenvalue weighted by Crippen LogP contribution is 2.16. The van der Waals surface area contributed by atoms with E-state index in [-0.39, 0.29) is 25.6 Å². The van der Waals surface area contributed by atoms with Gasteiger partial charge in [-0.3, -0.25) is 4.79 Å². The fraction of sp³-hybridized carbons (Fsp3) is 0.345. The number of sulfonamides is 1. The Balaban J connectivity index is 1.76. The number of benzene rings is 2. The standard InChI is InChI=1S/C29H36BrN3O4S/c1-3-4-17-32(23-28-11-8-18-31(28)22-26-12-14-27(30)15-13-26)29(34)24-33(19-20-37-2)38(35,36)21-16-25-9-6-5-7-10-25/h5-16,18,21H,3-4,17,19-20,22-24H2,1-2H3. The first-order valence-electron chi connectivity index (χ1n) is 12.7. The molecule has 3 rings (SSSR count). The fourth-order valence-electron chi connectivity index (χ4n) is 3.93. The molecule has 0 N–H and O–H groups in total. The van der Waals surface area contributed by atoms with E-state index in [1.54, 1.807) is 11.0 Å². The predicted octanol–water partition coefficient (Wildman–Crippen LogP) is 5.38. The lowest BCUT2D eigenvalue weighted by Crippen LogP contribution is -2.43. The first-order chi connectivity index (χ1) is 18.3. The molecule has 0 unspecified atom stereocenters. The number of unbranched alkanes of at least 4 members (excludes halogenated alkanes) is 1. The molecule has 204 valence electrons. The summed E-state index contributed by atoms with van der Waals surface area (Å²) < 4.78 is 35.9. The molecular weight excluding hydrogens is 566 g/mol. The summed E-state index contributed by atoms with van der Waals surface area (Å²) in [5.41, 5.74) is 2.91. The number of hydrogen-bond donors (Lipinski definition) is 0. The number of amides is 1. The minimum Gasteiger partial charge on any atom is -0.383 e. The first-order valence-corrected chi connectivity index (χ1v) is 15.0. The van der Waals surface area contributed by atoms with Crippen LogP contribution in [0.2, 0.25) is 0 Å². The Morgan fingerprint density at radius 3 is 2.45 bits per heavy atom. The van der Waals surface area contributed by atoms with Crippen molar-refractivity contribution < 1.29 is 17.9 Å². The highest BCUT2D eigenvalue weighted by Gasteiger charge is 2.25. The number of nitrogens with zero attached hydrogens (tertiary/aromatic N) is 3. The second-order valence-corrected chi connectivity index (χ2v) is 11.7. The molecule has 0 saturated heterocycles. The number of methoxy groups -OCH3 is 1. The Hall–Kier alpha value is -2.72. The third-order valence-corrected chi connectivity index (χ3v) is 8.17. The van der Waals surface area contributed by atoms with Crippen LogP contribution in [-0.2, 0) is 32.6 Å². The van der Waals surface area contributed by atoms with Gasteiger partial charge < -0.3 is 14.2 Å². The van der Waals surface area contributed by atoms with Gasteiger partial charge in [0.1, 0.15) is 0 Å². The van der Waals surface area contributed by atoms with E-state index in [1.165, 1.54) is 11.4 Å². The zero-order chi connectivity index (χ0) is 27.4. The van der Waals surface area contributed by atoms with E-state index in [1.807, 2.05) is 60.8 Å². The fourth-order valence-corrected chi connectivity index (χ4v) is 5.31. The van der Waals surface area contributed by atoms with Crippen LogP contribution in [0.4, 0.5) is 0 Å². The highest BCUT2D eigenvalue weighted by molar-refractivity contribution is 9.10. The first kappa shape index (κ1) is 29.8. The molecular formula is C29H36BrN3O4S. The average molecular weight is 603 g/mol. The van der Waals surface area contributed by atoms with Crippen LogP contribution in [0.15, 0.2) is 82.8 Å². The van der Waals surface area contributed by atoms with E-state index in [9.17, 15) is 13.2 Å². The maximum absolute atomic E-state index is 13.5. The van der Waals surface area contributed by atoms with E-state index in [0.29, 0.717) is 19.6 Å². The van der Waals surface area contributed by atoms with Crippen LogP contribution in [0.5, 0.6) is 0 Å². The van der Waals surface area contributed by atoms with Crippen LogP contribution < -0.4 is 0 Å². The molecule has 38 heavy (non-hydrogen) atoms. The van der Waals surface area contributed by atoms with E-state index in [0.717, 1.165) is 39.5 Å². The van der Waals surface area contributed by atoms with Gasteiger partial charge in [0.05, 0.1) is 19.7 Å². The van der Waals surface area contributed by atoms with E-state index >= 15 is 0 Å². The van der Waals surface area contributed by atoms with Gasteiger partial charge in [-0.25, -0.2) is 8.42 Å². The molecule has 0 radical (unpaired) electrons. The van der Waals surface area contributed by atoms with Crippen molar-refractivity contribution in [1.82, 2.24) is 13.8 Å². The molecule has 0 aliphatic heterocycles. The van der Waals surface area contributed by atoms with Crippen LogP contribution in [0.25, 0.3) is 6.08 Å². The summed E-state index contributed by atoms with van der Waals surface area (Å²) in [6.45, 7) is 3.74. The number of halogens is 1. The van der Waals surface area contributed by atoms with Crippen molar-refractivity contribution in [3.05, 3.63) is 99.6 Å². The van der Waals surface area contributed by atoms with Crippen molar-refractivity contribution in [3.8, 4) is 0 Å². The number of aromatic nitrogens is 1. The number of carbonyl (C=O) groups is 1. The summed E-state index contributed by atoms with van der Waals surface area (Å²) in [6, 6.07) is 21.3. The van der Waals surface area contributed by atoms with Gasteiger partial charge in [0.15, 0.2) is 0 Å². The topological polar surface area (TPSA) is 71.9 Å². The van der Waals surface area contributed by atoms with Gasteiger partial charge in [0.2, 0.25) is 15.9 Å². The van der Waals surface area contributed by atoms with Crippen LogP contribution in [0, 0.1) is 0 Å². The highest BCUT2D eigenvalue weighted by atomic mass is 79.9. The molecule has 1 aromatic heterocycles. The summed E-state index contributed by atoms with van der Waals surface area (Å²) in [5, 5.41) is 1.16. The molecule has 0 bridgehead atoms. The van der Waals surface area contributed by atoms with Gasteiger partial charge in [-0.2, -0.15) is 4.31 Å². The Kier molecular flexibility index (Phi) is 11.8. The minimum absolute atomic E-state index is 0.0886. The Labute approximate surface area is 234 Å². The van der Waals surface area contributed by atoms with Gasteiger partial charge in [0.25, 0.3) is 0 Å². The van der Waals surface area contributed by atoms with Crippen molar-refractivity contribution in [3.63, 3.8) is 0 Å². The molecule has 0 fully saturated rings. The second-order valence-electron chi connectivity index (χ2n) is 9.01. The quantitative estimate of drug-likeness (QED) is 0.234. The van der Waals surface area contributed by atoms with Crippen molar-refractivity contribution in [2.75, 3.05) is 33.4 Å². The number of carbonyl (C=O) groups excluding carboxylic acids is 1. The number of hydrogen-bond acceptors (Lipinski definition) is 4. The van der Waals surface area contributed by atoms with E-state index < -0.39 is 10.0 Å². The van der Waals surface area contributed by atoms with Gasteiger partial charge in [0, 0.05) is 48.5 Å². The van der Waals surface area contributed by atoms with Crippen molar-refractivity contribution in [2.24, 2.45) is 0 Å². The van der Waals surface area contributed by atoms with Crippen molar-refractivity contribution in [1.29, 1.82) is 0 Å². The summed E-state index contributed by atoms with van der Waals surface area (Å²) in [6.07, 6.45) is 5.31. The van der Waals surface area contributed by atoms with E-state index in [4.69, 9.17) is 4.74 Å². The molecule has 0 atom stereocenters. The third kappa shape index (κ3) is 9.23. The van der Waals surface area contributed by atoms with Crippen LogP contribution in [0.3, 0.4) is 0 Å². The maximum atomic E-state index is 13.5. The number of ether oxygens (including phenoxy) is 1. The Bertz CT molecular complexity index is 1270. The summed E-state index contributed by atoms with van der Waals surface area (Å²) in [5.74, 6) is -0.234. The van der Waals surface area contributed by atoms with Gasteiger partial charge in [-0.15, -0.1) is 0 Å². The molecule has 9 heteroatoms. The predicted molar refractivity (Wildman–Crippen MR) is 156 cm³/mol.